The van der Waals surface area contributed by atoms with Crippen molar-refractivity contribution in [3.05, 3.63) is 34.3 Å². The highest BCUT2D eigenvalue weighted by Gasteiger charge is 2.39. The van der Waals surface area contributed by atoms with Gasteiger partial charge in [-0.2, -0.15) is 26.3 Å². The van der Waals surface area contributed by atoms with Gasteiger partial charge < -0.3 is 14.5 Å². The van der Waals surface area contributed by atoms with Crippen LogP contribution in [-0.2, 0) is 16.0 Å². The van der Waals surface area contributed by atoms with Gasteiger partial charge in [-0.25, -0.2) is 13.4 Å². The molecule has 194 valence electrons. The normalized spacial score (nSPS) is 16.4. The molecule has 7 nitrogen and oxygen atoms in total. The number of amides is 1. The topological polar surface area (TPSA) is 79.8 Å². The number of ether oxygens (including phenoxy) is 1. The Morgan fingerprint density at radius 1 is 1.11 bits per heavy atom. The molecule has 1 aromatic heterocycles. The van der Waals surface area contributed by atoms with Crippen LogP contribution in [0.5, 0.6) is 5.75 Å². The van der Waals surface area contributed by atoms with Gasteiger partial charge in [0.05, 0.1) is 16.2 Å². The van der Waals surface area contributed by atoms with Crippen LogP contribution in [0.4, 0.5) is 31.5 Å². The number of halogens is 6. The Hall–Kier alpha value is -2.55. The molecule has 1 atom stereocenters. The summed E-state index contributed by atoms with van der Waals surface area (Å²) in [6.45, 7) is 2.30. The van der Waals surface area contributed by atoms with E-state index in [1.54, 1.807) is 4.90 Å². The number of sulfone groups is 1. The van der Waals surface area contributed by atoms with Gasteiger partial charge in [-0.1, -0.05) is 11.3 Å². The molecule has 0 bridgehead atoms. The summed E-state index contributed by atoms with van der Waals surface area (Å²) in [6.07, 6.45) is -10.6. The molecule has 2 aromatic rings. The minimum Gasteiger partial charge on any atom is -0.480 e. The number of anilines is 1. The van der Waals surface area contributed by atoms with Crippen LogP contribution in [0.15, 0.2) is 23.1 Å². The summed E-state index contributed by atoms with van der Waals surface area (Å²) in [5, 5.41) is 0.143. The molecular weight excluding hydrogens is 524 g/mol. The second-order valence-electron chi connectivity index (χ2n) is 7.92. The summed E-state index contributed by atoms with van der Waals surface area (Å²) in [7, 11) is -3.78. The highest BCUT2D eigenvalue weighted by molar-refractivity contribution is 7.90. The molecule has 2 heterocycles. The summed E-state index contributed by atoms with van der Waals surface area (Å²) < 4.78 is 107. The van der Waals surface area contributed by atoms with E-state index in [0.717, 1.165) is 31.4 Å². The van der Waals surface area contributed by atoms with E-state index in [-0.39, 0.29) is 47.5 Å². The lowest BCUT2D eigenvalue weighted by Gasteiger charge is -2.35. The van der Waals surface area contributed by atoms with Gasteiger partial charge in [-0.15, -0.1) is 0 Å². The van der Waals surface area contributed by atoms with Crippen molar-refractivity contribution in [2.75, 3.05) is 37.3 Å². The molecule has 0 unspecified atom stereocenters. The number of carbonyl (C=O) groups is 1. The molecule has 0 N–H and O–H groups in total. The van der Waals surface area contributed by atoms with Crippen molar-refractivity contribution in [2.24, 2.45) is 0 Å². The molecule has 1 aliphatic rings. The third kappa shape index (κ3) is 6.18. The Bertz CT molecular complexity index is 1200. The van der Waals surface area contributed by atoms with Gasteiger partial charge in [0.1, 0.15) is 10.6 Å². The maximum absolute atomic E-state index is 13.2. The average Bonchev–Trinajstić information content (AvgIpc) is 3.14. The second-order valence-corrected chi connectivity index (χ2v) is 10.9. The van der Waals surface area contributed by atoms with Crippen LogP contribution in [0.1, 0.15) is 27.9 Å². The molecule has 1 amide bonds. The number of hydrogen-bond acceptors (Lipinski definition) is 7. The summed E-state index contributed by atoms with van der Waals surface area (Å²) in [5.41, 5.74) is -0.518. The molecule has 1 aliphatic heterocycles. The third-order valence-corrected chi connectivity index (χ3v) is 7.63. The molecule has 35 heavy (non-hydrogen) atoms. The largest absolute Gasteiger partial charge is 0.480 e. The van der Waals surface area contributed by atoms with Crippen LogP contribution in [0.2, 0.25) is 0 Å². The third-order valence-electron chi connectivity index (χ3n) is 5.25. The fourth-order valence-corrected chi connectivity index (χ4v) is 4.95. The average molecular weight is 546 g/mol. The summed E-state index contributed by atoms with van der Waals surface area (Å²) in [4.78, 5) is 18.9. The van der Waals surface area contributed by atoms with E-state index in [1.165, 1.54) is 11.8 Å². The van der Waals surface area contributed by atoms with Crippen LogP contribution in [-0.4, -0.2) is 68.9 Å². The number of rotatable bonds is 5. The van der Waals surface area contributed by atoms with Crippen molar-refractivity contribution < 1.29 is 44.3 Å². The van der Waals surface area contributed by atoms with Gasteiger partial charge in [0.25, 0.3) is 5.91 Å². The Labute approximate surface area is 201 Å². The van der Waals surface area contributed by atoms with Crippen LogP contribution >= 0.6 is 11.3 Å². The van der Waals surface area contributed by atoms with Crippen LogP contribution < -0.4 is 9.64 Å². The lowest BCUT2D eigenvalue weighted by atomic mass is 10.1. The first kappa shape index (κ1) is 27.0. The molecule has 3 rings (SSSR count). The fourth-order valence-electron chi connectivity index (χ4n) is 3.32. The zero-order valence-electron chi connectivity index (χ0n) is 18.7. The Balaban J connectivity index is 1.82. The molecule has 1 aromatic carbocycles. The smallest absolute Gasteiger partial charge is 0.427 e. The molecular formula is C20H21F6N3O4S2. The number of alkyl halides is 6. The Morgan fingerprint density at radius 2 is 1.71 bits per heavy atom. The summed E-state index contributed by atoms with van der Waals surface area (Å²) in [5.74, 6) is -1.19. The van der Waals surface area contributed by atoms with Gasteiger partial charge in [0, 0.05) is 32.4 Å². The van der Waals surface area contributed by atoms with Crippen LogP contribution in [0.25, 0.3) is 0 Å². The Kier molecular flexibility index (Phi) is 7.33. The first-order chi connectivity index (χ1) is 16.0. The number of aromatic nitrogens is 1. The number of thiazole rings is 1. The van der Waals surface area contributed by atoms with E-state index in [9.17, 15) is 39.6 Å². The molecule has 0 aliphatic carbocycles. The van der Waals surface area contributed by atoms with E-state index in [1.807, 2.05) is 0 Å². The molecule has 1 saturated heterocycles. The lowest BCUT2D eigenvalue weighted by Crippen LogP contribution is -2.49. The zero-order valence-corrected chi connectivity index (χ0v) is 20.3. The fraction of sp³-hybridized carbons (Fsp3) is 0.500. The molecule has 0 saturated carbocycles. The predicted molar refractivity (Wildman–Crippen MR) is 116 cm³/mol. The van der Waals surface area contributed by atoms with Crippen LogP contribution in [0.3, 0.4) is 0 Å². The maximum Gasteiger partial charge on any atom is 0.427 e. The highest BCUT2D eigenvalue weighted by atomic mass is 32.2. The quantitative estimate of drug-likeness (QED) is 0.525. The number of aryl methyl sites for hydroxylation is 1. The van der Waals surface area contributed by atoms with Crippen molar-refractivity contribution in [3.8, 4) is 5.75 Å². The van der Waals surface area contributed by atoms with Gasteiger partial charge in [0.2, 0.25) is 0 Å². The zero-order chi connectivity index (χ0) is 26.3. The highest BCUT2D eigenvalue weighted by Crippen LogP contribution is 2.39. The van der Waals surface area contributed by atoms with Crippen LogP contribution in [0, 0.1) is 6.92 Å². The van der Waals surface area contributed by atoms with Gasteiger partial charge in [-0.3, -0.25) is 4.79 Å². The maximum atomic E-state index is 13.2. The molecule has 0 radical (unpaired) electrons. The molecule has 0 spiro atoms. The van der Waals surface area contributed by atoms with Gasteiger partial charge in [-0.05, 0) is 32.0 Å². The minimum absolute atomic E-state index is 0.0240. The number of piperazine rings is 1. The first-order valence-electron chi connectivity index (χ1n) is 10.1. The lowest BCUT2D eigenvalue weighted by molar-refractivity contribution is -0.189. The van der Waals surface area contributed by atoms with Crippen molar-refractivity contribution >= 4 is 32.2 Å². The molecule has 15 heteroatoms. The van der Waals surface area contributed by atoms with Gasteiger partial charge in [0.15, 0.2) is 21.1 Å². The monoisotopic (exact) mass is 545 g/mol. The predicted octanol–water partition coefficient (Wildman–Crippen LogP) is 4.17. The van der Waals surface area contributed by atoms with Gasteiger partial charge >= 0.3 is 12.4 Å². The van der Waals surface area contributed by atoms with Crippen molar-refractivity contribution in [1.82, 2.24) is 9.88 Å². The Morgan fingerprint density at radius 3 is 2.20 bits per heavy atom. The van der Waals surface area contributed by atoms with E-state index >= 15 is 0 Å². The summed E-state index contributed by atoms with van der Waals surface area (Å²) in [6, 6.07) is 3.01. The number of hydrogen-bond donors (Lipinski definition) is 0. The number of benzene rings is 1. The van der Waals surface area contributed by atoms with E-state index in [0.29, 0.717) is 11.3 Å². The van der Waals surface area contributed by atoms with E-state index in [2.05, 4.69) is 4.98 Å². The summed E-state index contributed by atoms with van der Waals surface area (Å²) >= 11 is 0.488. The molecule has 1 fully saturated rings. The van der Waals surface area contributed by atoms with E-state index in [4.69, 9.17) is 4.74 Å². The van der Waals surface area contributed by atoms with Crippen molar-refractivity contribution in [3.63, 3.8) is 0 Å². The number of nitrogens with zero attached hydrogens (tertiary/aromatic N) is 3. The number of carbonyl (C=O) groups excluding carboxylic acids is 1. The standard InChI is InChI=1S/C20H21F6N3O4S2/c1-11-16(20(24,25)26)34-18(27-11)29-8-6-28(7-9-29)17(30)14-10-13(35(3,31)32)4-5-15(14)33-12(2)19(21,22)23/h4-5,10,12H,6-9H2,1-3H3/t12-/m0/s1. The SMILES string of the molecule is Cc1nc(N2CCN(C(=O)c3cc(S(C)(=O)=O)ccc3O[C@@H](C)C(F)(F)F)CC2)sc1C(F)(F)F. The van der Waals surface area contributed by atoms with Crippen molar-refractivity contribution in [1.29, 1.82) is 0 Å². The minimum atomic E-state index is -4.72. The second kappa shape index (κ2) is 9.48. The first-order valence-corrected chi connectivity index (χ1v) is 12.9. The van der Waals surface area contributed by atoms with Crippen molar-refractivity contribution in [2.45, 2.75) is 37.2 Å². The van der Waals surface area contributed by atoms with E-state index < -0.39 is 44.8 Å².